The van der Waals surface area contributed by atoms with Crippen LogP contribution < -0.4 is 5.32 Å². The summed E-state index contributed by atoms with van der Waals surface area (Å²) in [6.07, 6.45) is 3.06. The first-order chi connectivity index (χ1) is 15.4. The summed E-state index contributed by atoms with van der Waals surface area (Å²) in [5.41, 5.74) is 8.79. The van der Waals surface area contributed by atoms with Crippen molar-refractivity contribution >= 4 is 11.5 Å². The molecule has 0 fully saturated rings. The van der Waals surface area contributed by atoms with Crippen molar-refractivity contribution in [3.8, 4) is 0 Å². The SMILES string of the molecule is C=C(c1ccc(C(=O)O)c(CC)c1)c1cc2c(cc1C)C(C)(C)CCC2(C)C.CCNCC. The van der Waals surface area contributed by atoms with Crippen LogP contribution in [0.4, 0.5) is 0 Å². The Bertz CT molecular complexity index is 1010. The van der Waals surface area contributed by atoms with Gasteiger partial charge in [0, 0.05) is 0 Å². The number of carboxylic acids is 1. The van der Waals surface area contributed by atoms with Crippen molar-refractivity contribution < 1.29 is 9.90 Å². The minimum Gasteiger partial charge on any atom is -0.478 e. The number of aromatic carboxylic acids is 1. The second kappa shape index (κ2) is 10.7. The molecule has 0 aliphatic heterocycles. The van der Waals surface area contributed by atoms with Crippen molar-refractivity contribution in [3.05, 3.63) is 75.9 Å². The van der Waals surface area contributed by atoms with E-state index in [0.29, 0.717) is 12.0 Å². The van der Waals surface area contributed by atoms with E-state index in [2.05, 4.69) is 72.5 Å². The van der Waals surface area contributed by atoms with E-state index in [0.717, 1.165) is 35.4 Å². The highest BCUT2D eigenvalue weighted by molar-refractivity contribution is 5.91. The van der Waals surface area contributed by atoms with E-state index < -0.39 is 5.97 Å². The molecule has 0 bridgehead atoms. The molecule has 2 N–H and O–H groups in total. The highest BCUT2D eigenvalue weighted by Gasteiger charge is 2.37. The topological polar surface area (TPSA) is 49.3 Å². The molecule has 2 aromatic rings. The number of hydrogen-bond acceptors (Lipinski definition) is 2. The summed E-state index contributed by atoms with van der Waals surface area (Å²) >= 11 is 0. The summed E-state index contributed by atoms with van der Waals surface area (Å²) in [6.45, 7) is 24.3. The van der Waals surface area contributed by atoms with Gasteiger partial charge in [-0.25, -0.2) is 4.79 Å². The van der Waals surface area contributed by atoms with Gasteiger partial charge in [0.05, 0.1) is 5.56 Å². The van der Waals surface area contributed by atoms with E-state index in [1.54, 1.807) is 6.07 Å². The van der Waals surface area contributed by atoms with Crippen molar-refractivity contribution in [2.45, 2.75) is 85.5 Å². The Kier molecular flexibility index (Phi) is 8.70. The standard InChI is InChI=1S/C26H32O2.C4H11N/c1-8-18-14-19(9-10-20(18)24(27)28)17(3)21-15-23-22(13-16(21)2)25(4,5)11-12-26(23,6)7;1-3-5-4-2/h9-10,13-15H,3,8,11-12H2,1-2,4-7H3,(H,27,28);5H,3-4H2,1-2H3. The molecule has 3 rings (SSSR count). The van der Waals surface area contributed by atoms with Gasteiger partial charge in [-0.05, 0) is 95.1 Å². The predicted molar refractivity (Wildman–Crippen MR) is 142 cm³/mol. The molecule has 0 heterocycles. The largest absolute Gasteiger partial charge is 0.478 e. The van der Waals surface area contributed by atoms with Gasteiger partial charge in [-0.15, -0.1) is 0 Å². The van der Waals surface area contributed by atoms with Crippen molar-refractivity contribution in [1.82, 2.24) is 5.32 Å². The van der Waals surface area contributed by atoms with Gasteiger partial charge in [-0.2, -0.15) is 0 Å². The maximum Gasteiger partial charge on any atom is 0.335 e. The van der Waals surface area contributed by atoms with Gasteiger partial charge in [-0.1, -0.05) is 79.3 Å². The monoisotopic (exact) mass is 449 g/mol. The normalized spacial score (nSPS) is 15.8. The first kappa shape index (κ1) is 26.9. The number of nitrogens with one attached hydrogen (secondary N) is 1. The molecule has 0 saturated heterocycles. The van der Waals surface area contributed by atoms with Crippen LogP contribution in [0.25, 0.3) is 5.57 Å². The fourth-order valence-electron chi connectivity index (χ4n) is 4.74. The van der Waals surface area contributed by atoms with Crippen molar-refractivity contribution in [1.29, 1.82) is 0 Å². The molecule has 0 unspecified atom stereocenters. The van der Waals surface area contributed by atoms with Crippen LogP contribution in [0.3, 0.4) is 0 Å². The second-order valence-corrected chi connectivity index (χ2v) is 10.4. The summed E-state index contributed by atoms with van der Waals surface area (Å²) in [5.74, 6) is -0.872. The van der Waals surface area contributed by atoms with Crippen LogP contribution in [-0.4, -0.2) is 24.2 Å². The highest BCUT2D eigenvalue weighted by atomic mass is 16.4. The number of hydrogen-bond donors (Lipinski definition) is 2. The average Bonchev–Trinajstić information content (AvgIpc) is 2.76. The fourth-order valence-corrected chi connectivity index (χ4v) is 4.74. The lowest BCUT2D eigenvalue weighted by atomic mass is 9.62. The molecule has 180 valence electrons. The Hall–Kier alpha value is -2.39. The van der Waals surface area contributed by atoms with Gasteiger partial charge < -0.3 is 10.4 Å². The first-order valence-electron chi connectivity index (χ1n) is 12.3. The summed E-state index contributed by atoms with van der Waals surface area (Å²) in [7, 11) is 0. The number of aryl methyl sites for hydroxylation is 2. The zero-order chi connectivity index (χ0) is 25.0. The van der Waals surface area contributed by atoms with Gasteiger partial charge in [0.1, 0.15) is 0 Å². The maximum atomic E-state index is 11.5. The van der Waals surface area contributed by atoms with Gasteiger partial charge in [0.2, 0.25) is 0 Å². The van der Waals surface area contributed by atoms with Crippen LogP contribution in [0.5, 0.6) is 0 Å². The Morgan fingerprint density at radius 1 is 0.939 bits per heavy atom. The highest BCUT2D eigenvalue weighted by Crippen LogP contribution is 2.47. The third-order valence-corrected chi connectivity index (χ3v) is 7.09. The Morgan fingerprint density at radius 2 is 1.48 bits per heavy atom. The van der Waals surface area contributed by atoms with E-state index in [9.17, 15) is 9.90 Å². The molecule has 0 amide bonds. The van der Waals surface area contributed by atoms with E-state index in [1.165, 1.54) is 29.5 Å². The molecular weight excluding hydrogens is 406 g/mol. The number of benzene rings is 2. The lowest BCUT2D eigenvalue weighted by Gasteiger charge is -2.42. The third-order valence-electron chi connectivity index (χ3n) is 7.09. The zero-order valence-corrected chi connectivity index (χ0v) is 22.0. The molecule has 33 heavy (non-hydrogen) atoms. The molecular formula is C30H43NO2. The molecule has 0 spiro atoms. The van der Waals surface area contributed by atoms with E-state index >= 15 is 0 Å². The fraction of sp³-hybridized carbons (Fsp3) is 0.500. The van der Waals surface area contributed by atoms with Crippen molar-refractivity contribution in [2.75, 3.05) is 13.1 Å². The molecule has 0 atom stereocenters. The minimum absolute atomic E-state index is 0.148. The van der Waals surface area contributed by atoms with Gasteiger partial charge >= 0.3 is 5.97 Å². The van der Waals surface area contributed by atoms with Crippen LogP contribution >= 0.6 is 0 Å². The molecule has 2 aromatic carbocycles. The van der Waals surface area contributed by atoms with Crippen molar-refractivity contribution in [3.63, 3.8) is 0 Å². The molecule has 1 aliphatic carbocycles. The number of fused-ring (bicyclic) bond motifs is 1. The van der Waals surface area contributed by atoms with Crippen LogP contribution in [-0.2, 0) is 17.3 Å². The lowest BCUT2D eigenvalue weighted by molar-refractivity contribution is 0.0695. The van der Waals surface area contributed by atoms with Crippen molar-refractivity contribution in [2.24, 2.45) is 0 Å². The predicted octanol–water partition coefficient (Wildman–Crippen LogP) is 7.28. The van der Waals surface area contributed by atoms with Gasteiger partial charge in [-0.3, -0.25) is 0 Å². The van der Waals surface area contributed by atoms with Crippen LogP contribution in [0.1, 0.15) is 105 Å². The quantitative estimate of drug-likeness (QED) is 0.487. The first-order valence-corrected chi connectivity index (χ1v) is 12.3. The van der Waals surface area contributed by atoms with E-state index in [-0.39, 0.29) is 10.8 Å². The summed E-state index contributed by atoms with van der Waals surface area (Å²) < 4.78 is 0. The zero-order valence-electron chi connectivity index (χ0n) is 22.0. The Balaban J connectivity index is 0.000000696. The number of carbonyl (C=O) groups is 1. The maximum absolute atomic E-state index is 11.5. The Morgan fingerprint density at radius 3 is 1.94 bits per heavy atom. The Labute approximate surface area is 201 Å². The smallest absolute Gasteiger partial charge is 0.335 e. The van der Waals surface area contributed by atoms with E-state index in [4.69, 9.17) is 0 Å². The summed E-state index contributed by atoms with van der Waals surface area (Å²) in [5, 5.41) is 12.5. The number of rotatable bonds is 6. The molecule has 3 heteroatoms. The third kappa shape index (κ3) is 5.95. The molecule has 1 aliphatic rings. The summed E-state index contributed by atoms with van der Waals surface area (Å²) in [6, 6.07) is 10.3. The lowest BCUT2D eigenvalue weighted by Crippen LogP contribution is -2.34. The average molecular weight is 450 g/mol. The van der Waals surface area contributed by atoms with Gasteiger partial charge in [0.15, 0.2) is 0 Å². The molecule has 0 saturated carbocycles. The van der Waals surface area contributed by atoms with Crippen LogP contribution in [0.2, 0.25) is 0 Å². The minimum atomic E-state index is -0.872. The molecule has 0 radical (unpaired) electrons. The summed E-state index contributed by atoms with van der Waals surface area (Å²) in [4.78, 5) is 11.5. The molecule has 0 aromatic heterocycles. The number of carboxylic acid groups (broad SMARTS) is 1. The second-order valence-electron chi connectivity index (χ2n) is 10.4. The van der Waals surface area contributed by atoms with Gasteiger partial charge in [0.25, 0.3) is 0 Å². The van der Waals surface area contributed by atoms with Crippen LogP contribution in [0, 0.1) is 6.92 Å². The van der Waals surface area contributed by atoms with Crippen LogP contribution in [0.15, 0.2) is 36.9 Å². The van der Waals surface area contributed by atoms with E-state index in [1.807, 2.05) is 19.1 Å². The molecule has 3 nitrogen and oxygen atoms in total.